The zero-order valence-electron chi connectivity index (χ0n) is 23.8. The van der Waals surface area contributed by atoms with Crippen molar-refractivity contribution >= 4 is 31.8 Å². The van der Waals surface area contributed by atoms with Gasteiger partial charge in [0.2, 0.25) is 15.9 Å². The summed E-state index contributed by atoms with van der Waals surface area (Å²) in [6.45, 7) is 5.92. The van der Waals surface area contributed by atoms with Gasteiger partial charge in [0.25, 0.3) is 0 Å². The molecule has 0 aliphatic heterocycles. The first-order valence-corrected chi connectivity index (χ1v) is 15.1. The van der Waals surface area contributed by atoms with Crippen molar-refractivity contribution in [2.75, 3.05) is 32.2 Å². The minimum atomic E-state index is -4.03. The van der Waals surface area contributed by atoms with Crippen LogP contribution in [0.5, 0.6) is 23.4 Å². The summed E-state index contributed by atoms with van der Waals surface area (Å²) in [4.78, 5) is 8.17. The van der Waals surface area contributed by atoms with Crippen molar-refractivity contribution in [2.45, 2.75) is 31.9 Å². The molecule has 0 amide bonds. The summed E-state index contributed by atoms with van der Waals surface area (Å²) >= 11 is 3.29. The Morgan fingerprint density at radius 2 is 1.66 bits per heavy atom. The average Bonchev–Trinajstić information content (AvgIpc) is 3.25. The number of benzene rings is 1. The lowest BCUT2D eigenvalue weighted by molar-refractivity contribution is 0.201. The first kappa shape index (κ1) is 30.4. The van der Waals surface area contributed by atoms with E-state index >= 15 is 0 Å². The molecule has 0 bridgehead atoms. The predicted octanol–water partition coefficient (Wildman–Crippen LogP) is 5.16. The van der Waals surface area contributed by atoms with Gasteiger partial charge in [0.15, 0.2) is 11.5 Å². The normalized spacial score (nSPS) is 14.5. The second-order valence-corrected chi connectivity index (χ2v) is 13.1. The van der Waals surface area contributed by atoms with Crippen LogP contribution in [0, 0.1) is 5.41 Å². The maximum Gasteiger partial charge on any atom is 0.316 e. The van der Waals surface area contributed by atoms with Gasteiger partial charge in [-0.15, -0.1) is 5.10 Å². The van der Waals surface area contributed by atoms with E-state index in [1.165, 1.54) is 11.8 Å². The van der Waals surface area contributed by atoms with E-state index in [4.69, 9.17) is 18.9 Å². The van der Waals surface area contributed by atoms with Crippen LogP contribution in [-0.4, -0.2) is 60.3 Å². The van der Waals surface area contributed by atoms with Crippen LogP contribution in [0.25, 0.3) is 11.1 Å². The number of aromatic nitrogens is 4. The average molecular weight is 649 g/mol. The van der Waals surface area contributed by atoms with Crippen molar-refractivity contribution in [2.24, 2.45) is 12.5 Å². The molecular weight excluding hydrogens is 614 g/mol. The topological polar surface area (TPSA) is 127 Å². The highest BCUT2D eigenvalue weighted by Crippen LogP contribution is 2.45. The van der Waals surface area contributed by atoms with Crippen molar-refractivity contribution in [3.63, 3.8) is 0 Å². The van der Waals surface area contributed by atoms with Crippen molar-refractivity contribution in [1.82, 2.24) is 19.7 Å². The van der Waals surface area contributed by atoms with Crippen LogP contribution < -0.4 is 23.7 Å². The molecule has 1 aliphatic rings. The Hall–Kier alpha value is -3.58. The van der Waals surface area contributed by atoms with Gasteiger partial charge >= 0.3 is 6.01 Å². The third kappa shape index (κ3) is 6.20. The summed E-state index contributed by atoms with van der Waals surface area (Å²) in [5, 5.41) is 4.52. The Kier molecular flexibility index (Phi) is 8.97. The Balaban J connectivity index is 1.73. The molecule has 0 fully saturated rings. The molecule has 0 saturated carbocycles. The number of methoxy groups -OCH3 is 2. The Bertz CT molecular complexity index is 1530. The van der Waals surface area contributed by atoms with E-state index in [9.17, 15) is 8.42 Å². The minimum Gasteiger partial charge on any atom is -0.493 e. The van der Waals surface area contributed by atoms with E-state index in [2.05, 4.69) is 35.7 Å². The van der Waals surface area contributed by atoms with Crippen LogP contribution in [0.2, 0.25) is 0 Å². The number of hydrogen-bond donors (Lipinski definition) is 1. The van der Waals surface area contributed by atoms with Gasteiger partial charge in [-0.25, -0.2) is 23.1 Å². The number of aryl methyl sites for hydroxylation is 1. The molecule has 1 aliphatic carbocycles. The third-order valence-corrected chi connectivity index (χ3v) is 9.33. The molecule has 0 spiro atoms. The molecule has 220 valence electrons. The summed E-state index contributed by atoms with van der Waals surface area (Å²) in [5.41, 5.74) is 0.394. The molecule has 0 unspecified atom stereocenters. The standard InChI is InChI=1S/C28H34BrN5O6S/c1-27(2,3)28(12-8-7-9-13-28)41(35,36)33-24-23(19-10-11-21(37-5)22(16-19)38-6)25(32-34(24)4)39-14-15-40-26-30-17-20(29)18-31-26/h8-13,16-18,33H,7,14-15H2,1-6H3. The molecule has 4 rings (SSSR count). The van der Waals surface area contributed by atoms with Gasteiger partial charge < -0.3 is 18.9 Å². The van der Waals surface area contributed by atoms with Gasteiger partial charge in [-0.05, 0) is 45.5 Å². The summed E-state index contributed by atoms with van der Waals surface area (Å²) in [6, 6.07) is 5.47. The number of anilines is 1. The van der Waals surface area contributed by atoms with Crippen molar-refractivity contribution in [1.29, 1.82) is 0 Å². The van der Waals surface area contributed by atoms with Crippen molar-refractivity contribution in [3.8, 4) is 34.5 Å². The summed E-state index contributed by atoms with van der Waals surface area (Å²) < 4.78 is 54.5. The highest BCUT2D eigenvalue weighted by Gasteiger charge is 2.50. The lowest BCUT2D eigenvalue weighted by atomic mass is 9.78. The SMILES string of the molecule is COc1ccc(-c2c(OCCOc3ncc(Br)cn3)nn(C)c2NS(=O)(=O)C2(C(C)(C)C)C=CCC=C2)cc1OC. The molecule has 13 heteroatoms. The van der Waals surface area contributed by atoms with Crippen LogP contribution >= 0.6 is 15.9 Å². The zero-order valence-corrected chi connectivity index (χ0v) is 26.2. The van der Waals surface area contributed by atoms with E-state index in [0.29, 0.717) is 29.0 Å². The Morgan fingerprint density at radius 3 is 2.27 bits per heavy atom. The van der Waals surface area contributed by atoms with E-state index in [1.807, 2.05) is 32.9 Å². The van der Waals surface area contributed by atoms with Crippen LogP contribution in [0.15, 0.2) is 59.4 Å². The lowest BCUT2D eigenvalue weighted by Gasteiger charge is -2.40. The van der Waals surface area contributed by atoms with Gasteiger partial charge in [0, 0.05) is 19.4 Å². The molecule has 0 radical (unpaired) electrons. The Labute approximate surface area is 248 Å². The quantitative estimate of drug-likeness (QED) is 0.222. The molecule has 1 N–H and O–H groups in total. The number of halogens is 1. The molecule has 2 heterocycles. The van der Waals surface area contributed by atoms with Gasteiger partial charge in [-0.2, -0.15) is 0 Å². The molecule has 3 aromatic rings. The number of rotatable bonds is 11. The van der Waals surface area contributed by atoms with E-state index in [-0.39, 0.29) is 30.9 Å². The second-order valence-electron chi connectivity index (χ2n) is 10.3. The monoisotopic (exact) mass is 647 g/mol. The minimum absolute atomic E-state index is 0.0975. The van der Waals surface area contributed by atoms with E-state index in [0.717, 1.165) is 4.47 Å². The largest absolute Gasteiger partial charge is 0.493 e. The number of nitrogens with zero attached hydrogens (tertiary/aromatic N) is 4. The molecule has 41 heavy (non-hydrogen) atoms. The summed E-state index contributed by atoms with van der Waals surface area (Å²) in [7, 11) is 0.694. The molecule has 0 saturated heterocycles. The molecule has 2 aromatic heterocycles. The number of ether oxygens (including phenoxy) is 4. The zero-order chi connectivity index (χ0) is 29.8. The van der Waals surface area contributed by atoms with Gasteiger partial charge in [-0.1, -0.05) is 51.1 Å². The van der Waals surface area contributed by atoms with E-state index in [1.54, 1.807) is 56.9 Å². The fraction of sp³-hybridized carbons (Fsp3) is 0.393. The third-order valence-electron chi connectivity index (χ3n) is 6.69. The maximum atomic E-state index is 14.2. The fourth-order valence-corrected chi connectivity index (χ4v) is 6.75. The first-order chi connectivity index (χ1) is 19.4. The first-order valence-electron chi connectivity index (χ1n) is 12.8. The molecule has 0 atom stereocenters. The van der Waals surface area contributed by atoms with Crippen LogP contribution in [-0.2, 0) is 17.1 Å². The Morgan fingerprint density at radius 1 is 1.02 bits per heavy atom. The highest BCUT2D eigenvalue weighted by atomic mass is 79.9. The van der Waals surface area contributed by atoms with Crippen LogP contribution in [0.4, 0.5) is 5.82 Å². The molecule has 1 aromatic carbocycles. The number of nitrogens with one attached hydrogen (secondary N) is 1. The smallest absolute Gasteiger partial charge is 0.316 e. The summed E-state index contributed by atoms with van der Waals surface area (Å²) in [6.07, 6.45) is 11.1. The highest BCUT2D eigenvalue weighted by molar-refractivity contribution is 9.10. The second kappa shape index (κ2) is 12.1. The number of sulfonamides is 1. The molecular formula is C28H34BrN5O6S. The number of hydrogen-bond acceptors (Lipinski definition) is 9. The predicted molar refractivity (Wildman–Crippen MR) is 160 cm³/mol. The van der Waals surface area contributed by atoms with Crippen LogP contribution in [0.1, 0.15) is 27.2 Å². The van der Waals surface area contributed by atoms with Gasteiger partial charge in [0.05, 0.1) is 24.3 Å². The summed E-state index contributed by atoms with van der Waals surface area (Å²) in [5.74, 6) is 1.43. The van der Waals surface area contributed by atoms with Crippen molar-refractivity contribution in [3.05, 3.63) is 59.4 Å². The number of allylic oxidation sites excluding steroid dienone is 2. The lowest BCUT2D eigenvalue weighted by Crippen LogP contribution is -2.50. The van der Waals surface area contributed by atoms with E-state index < -0.39 is 20.2 Å². The van der Waals surface area contributed by atoms with Crippen molar-refractivity contribution < 1.29 is 27.4 Å². The van der Waals surface area contributed by atoms with Gasteiger partial charge in [0.1, 0.15) is 23.8 Å². The van der Waals surface area contributed by atoms with Gasteiger partial charge in [-0.3, -0.25) is 4.72 Å². The van der Waals surface area contributed by atoms with Crippen LogP contribution in [0.3, 0.4) is 0 Å². The molecule has 11 nitrogen and oxygen atoms in total. The fourth-order valence-electron chi connectivity index (χ4n) is 4.53. The maximum absolute atomic E-state index is 14.2.